The van der Waals surface area contributed by atoms with Crippen LogP contribution in [0.25, 0.3) is 11.0 Å². The molecule has 7 rings (SSSR count). The number of fused-ring (bicyclic) bond motifs is 3. The summed E-state index contributed by atoms with van der Waals surface area (Å²) in [4.78, 5) is 25.7. The molecule has 152 valence electrons. The molecule has 4 saturated carbocycles. The Hall–Kier alpha value is -2.10. The third-order valence-electron chi connectivity index (χ3n) is 8.17. The number of ether oxygens (including phenoxy) is 1. The van der Waals surface area contributed by atoms with E-state index in [-0.39, 0.29) is 17.6 Å². The first-order chi connectivity index (χ1) is 14.0. The van der Waals surface area contributed by atoms with Gasteiger partial charge in [-0.05, 0) is 106 Å². The standard InChI is InChI=1S/C25H28O4/c1-14-5-20(23-18-3-2-4-19(18)24(27)29-21(23)6-14)28-13-22(26)25-10-15-7-16(11-25)9-17(8-15)12-25/h5-6,15-17H,2-4,7-13H2,1H3. The van der Waals surface area contributed by atoms with Crippen molar-refractivity contribution in [3.63, 3.8) is 0 Å². The van der Waals surface area contributed by atoms with Crippen molar-refractivity contribution in [1.29, 1.82) is 0 Å². The van der Waals surface area contributed by atoms with E-state index >= 15 is 0 Å². The fourth-order valence-corrected chi connectivity index (χ4v) is 7.37. The van der Waals surface area contributed by atoms with Crippen molar-refractivity contribution in [1.82, 2.24) is 0 Å². The van der Waals surface area contributed by atoms with Gasteiger partial charge in [-0.15, -0.1) is 0 Å². The molecule has 5 aliphatic rings. The van der Waals surface area contributed by atoms with Crippen LogP contribution in [0.1, 0.15) is 61.6 Å². The Labute approximate surface area is 170 Å². The Morgan fingerprint density at radius 3 is 2.41 bits per heavy atom. The fourth-order valence-electron chi connectivity index (χ4n) is 7.37. The molecule has 0 unspecified atom stereocenters. The second-order valence-corrected chi connectivity index (χ2v) is 10.2. The third-order valence-corrected chi connectivity index (χ3v) is 8.17. The predicted molar refractivity (Wildman–Crippen MR) is 110 cm³/mol. The molecule has 4 heteroatoms. The summed E-state index contributed by atoms with van der Waals surface area (Å²) in [6.45, 7) is 2.11. The van der Waals surface area contributed by atoms with Crippen LogP contribution in [0.4, 0.5) is 0 Å². The highest BCUT2D eigenvalue weighted by Gasteiger charge is 2.54. The van der Waals surface area contributed by atoms with Crippen LogP contribution in [-0.2, 0) is 17.6 Å². The molecule has 4 fully saturated rings. The van der Waals surface area contributed by atoms with E-state index in [9.17, 15) is 9.59 Å². The fraction of sp³-hybridized carbons (Fsp3) is 0.600. The zero-order valence-electron chi connectivity index (χ0n) is 17.1. The molecule has 0 atom stereocenters. The molecule has 0 amide bonds. The van der Waals surface area contributed by atoms with E-state index in [4.69, 9.17) is 9.15 Å². The van der Waals surface area contributed by atoms with Gasteiger partial charge in [0.2, 0.25) is 0 Å². The maximum Gasteiger partial charge on any atom is 0.339 e. The molecule has 5 aliphatic carbocycles. The van der Waals surface area contributed by atoms with Gasteiger partial charge in [-0.2, -0.15) is 0 Å². The van der Waals surface area contributed by atoms with Crippen LogP contribution < -0.4 is 10.4 Å². The topological polar surface area (TPSA) is 56.5 Å². The molecule has 1 aromatic carbocycles. The maximum absolute atomic E-state index is 13.4. The zero-order valence-corrected chi connectivity index (χ0v) is 17.1. The minimum absolute atomic E-state index is 0.136. The number of aryl methyl sites for hydroxylation is 2. The number of carbonyl (C=O) groups excluding carboxylic acids is 1. The van der Waals surface area contributed by atoms with Crippen LogP contribution in [-0.4, -0.2) is 12.4 Å². The lowest BCUT2D eigenvalue weighted by atomic mass is 9.48. The highest BCUT2D eigenvalue weighted by Crippen LogP contribution is 2.60. The highest BCUT2D eigenvalue weighted by molar-refractivity contribution is 5.90. The molecule has 29 heavy (non-hydrogen) atoms. The van der Waals surface area contributed by atoms with Gasteiger partial charge in [0.1, 0.15) is 17.9 Å². The van der Waals surface area contributed by atoms with Crippen LogP contribution in [0.3, 0.4) is 0 Å². The Bertz CT molecular complexity index is 1040. The SMILES string of the molecule is Cc1cc(OCC(=O)C23CC4CC(CC(C4)C2)C3)c2c3c(c(=O)oc2c1)CCC3. The molecular weight excluding hydrogens is 364 g/mol. The summed E-state index contributed by atoms with van der Waals surface area (Å²) in [6, 6.07) is 3.90. The predicted octanol–water partition coefficient (Wildman–Crippen LogP) is 4.75. The number of Topliss-reactive ketones (excluding diaryl/α,β-unsaturated/α-hetero) is 1. The summed E-state index contributed by atoms with van der Waals surface area (Å²) in [6.07, 6.45) is 9.83. The van der Waals surface area contributed by atoms with E-state index in [2.05, 4.69) is 0 Å². The zero-order chi connectivity index (χ0) is 19.8. The summed E-state index contributed by atoms with van der Waals surface area (Å²) >= 11 is 0. The monoisotopic (exact) mass is 392 g/mol. The first-order valence-electron chi connectivity index (χ1n) is 11.3. The van der Waals surface area contributed by atoms with Crippen LogP contribution in [0.5, 0.6) is 5.75 Å². The van der Waals surface area contributed by atoms with Crippen molar-refractivity contribution in [3.05, 3.63) is 39.2 Å². The van der Waals surface area contributed by atoms with Crippen molar-refractivity contribution in [2.45, 2.75) is 64.7 Å². The quantitative estimate of drug-likeness (QED) is 0.704. The number of ketones is 1. The minimum atomic E-state index is -0.216. The summed E-state index contributed by atoms with van der Waals surface area (Å²) in [7, 11) is 0. The summed E-state index contributed by atoms with van der Waals surface area (Å²) in [5.74, 6) is 3.26. The Balaban J connectivity index is 1.32. The van der Waals surface area contributed by atoms with Gasteiger partial charge >= 0.3 is 5.63 Å². The molecule has 0 saturated heterocycles. The molecule has 2 aromatic rings. The van der Waals surface area contributed by atoms with Crippen LogP contribution in [0.2, 0.25) is 0 Å². The lowest BCUT2D eigenvalue weighted by Gasteiger charge is -2.55. The molecule has 0 radical (unpaired) electrons. The molecule has 0 N–H and O–H groups in total. The van der Waals surface area contributed by atoms with E-state index in [1.165, 1.54) is 19.3 Å². The van der Waals surface area contributed by atoms with Crippen molar-refractivity contribution >= 4 is 16.8 Å². The summed E-state index contributed by atoms with van der Waals surface area (Å²) in [5.41, 5.74) is 3.07. The second-order valence-electron chi connectivity index (χ2n) is 10.2. The lowest BCUT2D eigenvalue weighted by Crippen LogP contribution is -2.51. The number of benzene rings is 1. The van der Waals surface area contributed by atoms with Gasteiger partial charge in [-0.25, -0.2) is 4.79 Å². The third kappa shape index (κ3) is 2.71. The Morgan fingerprint density at radius 2 is 1.72 bits per heavy atom. The molecule has 1 aromatic heterocycles. The summed E-state index contributed by atoms with van der Waals surface area (Å²) in [5, 5.41) is 0.904. The van der Waals surface area contributed by atoms with Crippen molar-refractivity contribution in [3.8, 4) is 5.75 Å². The van der Waals surface area contributed by atoms with Gasteiger partial charge in [-0.1, -0.05) is 0 Å². The Morgan fingerprint density at radius 1 is 1.07 bits per heavy atom. The van der Waals surface area contributed by atoms with E-state index < -0.39 is 0 Å². The van der Waals surface area contributed by atoms with Gasteiger partial charge in [0.05, 0.1) is 5.39 Å². The average Bonchev–Trinajstić information content (AvgIpc) is 3.15. The second kappa shape index (κ2) is 6.20. The van der Waals surface area contributed by atoms with Gasteiger partial charge in [0.15, 0.2) is 5.78 Å². The van der Waals surface area contributed by atoms with Crippen molar-refractivity contribution in [2.75, 3.05) is 6.61 Å². The molecule has 0 aliphatic heterocycles. The van der Waals surface area contributed by atoms with E-state index in [0.717, 1.165) is 78.4 Å². The largest absolute Gasteiger partial charge is 0.485 e. The number of carbonyl (C=O) groups is 1. The molecular formula is C25H28O4. The van der Waals surface area contributed by atoms with Crippen molar-refractivity contribution < 1.29 is 13.9 Å². The molecule has 1 heterocycles. The van der Waals surface area contributed by atoms with E-state index in [1.807, 2.05) is 19.1 Å². The van der Waals surface area contributed by atoms with Crippen LogP contribution in [0.15, 0.2) is 21.3 Å². The van der Waals surface area contributed by atoms with Crippen LogP contribution >= 0.6 is 0 Å². The number of rotatable bonds is 4. The average molecular weight is 392 g/mol. The highest BCUT2D eigenvalue weighted by atomic mass is 16.5. The van der Waals surface area contributed by atoms with Crippen molar-refractivity contribution in [2.24, 2.45) is 23.2 Å². The molecule has 0 spiro atoms. The molecule has 4 nitrogen and oxygen atoms in total. The van der Waals surface area contributed by atoms with E-state index in [1.54, 1.807) is 0 Å². The number of hydrogen-bond donors (Lipinski definition) is 0. The van der Waals surface area contributed by atoms with Gasteiger partial charge in [0.25, 0.3) is 0 Å². The first kappa shape index (κ1) is 17.7. The maximum atomic E-state index is 13.4. The minimum Gasteiger partial charge on any atom is -0.485 e. The lowest BCUT2D eigenvalue weighted by molar-refractivity contribution is -0.145. The van der Waals surface area contributed by atoms with E-state index in [0.29, 0.717) is 17.1 Å². The van der Waals surface area contributed by atoms with Gasteiger partial charge in [-0.3, -0.25) is 4.79 Å². The van der Waals surface area contributed by atoms with Gasteiger partial charge < -0.3 is 9.15 Å². The summed E-state index contributed by atoms with van der Waals surface area (Å²) < 4.78 is 11.8. The normalized spacial score (nSPS) is 32.0. The Kier molecular flexibility index (Phi) is 3.79. The number of hydrogen-bond acceptors (Lipinski definition) is 4. The molecule has 4 bridgehead atoms. The van der Waals surface area contributed by atoms with Crippen LogP contribution in [0, 0.1) is 30.1 Å². The smallest absolute Gasteiger partial charge is 0.339 e. The first-order valence-corrected chi connectivity index (χ1v) is 11.3. The van der Waals surface area contributed by atoms with Gasteiger partial charge in [0, 0.05) is 11.0 Å².